The number of ether oxygens (including phenoxy) is 1. The number of benzene rings is 1. The summed E-state index contributed by atoms with van der Waals surface area (Å²) in [6.45, 7) is 4.75. The van der Waals surface area contributed by atoms with Gasteiger partial charge < -0.3 is 15.0 Å². The minimum Gasteiger partial charge on any atom is -0.466 e. The van der Waals surface area contributed by atoms with Crippen LogP contribution in [0.3, 0.4) is 0 Å². The maximum Gasteiger partial charge on any atom is 0.309 e. The van der Waals surface area contributed by atoms with Crippen molar-refractivity contribution in [1.29, 1.82) is 0 Å². The molecule has 6 heteroatoms. The maximum atomic E-state index is 12.8. The van der Waals surface area contributed by atoms with E-state index in [0.717, 1.165) is 32.5 Å². The number of carbonyl (C=O) groups is 2. The number of anilines is 1. The molecule has 0 spiro atoms. The van der Waals surface area contributed by atoms with E-state index in [9.17, 15) is 14.0 Å². The number of carbonyl (C=O) groups excluding carboxylic acids is 2. The number of piperidine rings is 1. The van der Waals surface area contributed by atoms with E-state index in [2.05, 4.69) is 5.32 Å². The number of amides is 1. The summed E-state index contributed by atoms with van der Waals surface area (Å²) in [5.74, 6) is -0.485. The number of hydrogen-bond acceptors (Lipinski definition) is 3. The molecule has 2 rings (SSSR count). The zero-order valence-electron chi connectivity index (χ0n) is 13.4. The summed E-state index contributed by atoms with van der Waals surface area (Å²) in [4.78, 5) is 24.9. The van der Waals surface area contributed by atoms with Crippen LogP contribution in [0.2, 0.25) is 0 Å². The van der Waals surface area contributed by atoms with Crippen LogP contribution in [0, 0.1) is 11.7 Å². The fourth-order valence-corrected chi connectivity index (χ4v) is 2.82. The van der Waals surface area contributed by atoms with Crippen LogP contribution in [0.25, 0.3) is 0 Å². The molecule has 1 aromatic carbocycles. The van der Waals surface area contributed by atoms with Crippen molar-refractivity contribution in [3.8, 4) is 0 Å². The first-order chi connectivity index (χ1) is 11.1. The minimum absolute atomic E-state index is 0.00624. The highest BCUT2D eigenvalue weighted by atomic mass is 19.1. The van der Waals surface area contributed by atoms with Gasteiger partial charge in [-0.3, -0.25) is 9.59 Å². The molecule has 0 aromatic heterocycles. The topological polar surface area (TPSA) is 59.8 Å². The third-order valence-corrected chi connectivity index (χ3v) is 4.15. The monoisotopic (exact) mass is 323 g/mol. The van der Waals surface area contributed by atoms with Crippen molar-refractivity contribution in [3.63, 3.8) is 0 Å². The molecule has 1 aliphatic heterocycles. The predicted molar refractivity (Wildman–Crippen MR) is 84.6 cm³/mol. The lowest BCUT2D eigenvalue weighted by atomic mass is 9.97. The molecular formula is C17H24FN2O3+. The average molecular weight is 323 g/mol. The smallest absolute Gasteiger partial charge is 0.309 e. The lowest BCUT2D eigenvalue weighted by Crippen LogP contribution is -3.13. The number of nitrogens with one attached hydrogen (secondary N) is 2. The van der Waals surface area contributed by atoms with Gasteiger partial charge in [-0.15, -0.1) is 0 Å². The number of quaternary nitrogens is 1. The number of likely N-dealkylation sites (tertiary alicyclic amines) is 1. The standard InChI is InChI=1S/C17H23FN2O3/c1-2-23-17(22)13-7-10-20(11-8-13)12-9-16(21)19-15-5-3-14(18)4-6-15/h3-6,13H,2,7-12H2,1H3,(H,19,21)/p+1. The second kappa shape index (κ2) is 8.62. The minimum atomic E-state index is -0.322. The summed E-state index contributed by atoms with van der Waals surface area (Å²) in [5, 5.41) is 2.76. The van der Waals surface area contributed by atoms with Gasteiger partial charge in [0.25, 0.3) is 0 Å². The molecule has 0 bridgehead atoms. The van der Waals surface area contributed by atoms with Gasteiger partial charge in [-0.2, -0.15) is 0 Å². The van der Waals surface area contributed by atoms with Crippen molar-refractivity contribution >= 4 is 17.6 Å². The van der Waals surface area contributed by atoms with Crippen molar-refractivity contribution in [2.24, 2.45) is 5.92 Å². The lowest BCUT2D eigenvalue weighted by Gasteiger charge is -2.27. The van der Waals surface area contributed by atoms with Crippen LogP contribution in [0.4, 0.5) is 10.1 Å². The summed E-state index contributed by atoms with van der Waals surface area (Å²) >= 11 is 0. The zero-order valence-corrected chi connectivity index (χ0v) is 13.4. The molecule has 0 aliphatic carbocycles. The number of hydrogen-bond donors (Lipinski definition) is 2. The van der Waals surface area contributed by atoms with Crippen LogP contribution in [0.15, 0.2) is 24.3 Å². The van der Waals surface area contributed by atoms with E-state index in [1.54, 1.807) is 12.1 Å². The molecule has 0 atom stereocenters. The average Bonchev–Trinajstić information content (AvgIpc) is 2.56. The largest absolute Gasteiger partial charge is 0.466 e. The summed E-state index contributed by atoms with van der Waals surface area (Å²) in [6.07, 6.45) is 2.04. The van der Waals surface area contributed by atoms with Crippen LogP contribution in [-0.4, -0.2) is 38.1 Å². The fraction of sp³-hybridized carbons (Fsp3) is 0.529. The molecule has 1 saturated heterocycles. The Bertz CT molecular complexity index is 525. The van der Waals surface area contributed by atoms with Crippen molar-refractivity contribution in [3.05, 3.63) is 30.1 Å². The Hall–Kier alpha value is -1.95. The fourth-order valence-electron chi connectivity index (χ4n) is 2.82. The summed E-state index contributed by atoms with van der Waals surface area (Å²) in [7, 11) is 0. The van der Waals surface area contributed by atoms with Gasteiger partial charge in [-0.05, 0) is 31.2 Å². The van der Waals surface area contributed by atoms with Crippen LogP contribution >= 0.6 is 0 Å². The summed E-state index contributed by atoms with van der Waals surface area (Å²) < 4.78 is 17.9. The van der Waals surface area contributed by atoms with Gasteiger partial charge in [0.15, 0.2) is 0 Å². The van der Waals surface area contributed by atoms with E-state index in [4.69, 9.17) is 4.74 Å². The Morgan fingerprint density at radius 2 is 1.91 bits per heavy atom. The van der Waals surface area contributed by atoms with Gasteiger partial charge in [0.05, 0.1) is 38.6 Å². The maximum absolute atomic E-state index is 12.8. The Morgan fingerprint density at radius 3 is 2.52 bits per heavy atom. The zero-order chi connectivity index (χ0) is 16.7. The molecule has 2 N–H and O–H groups in total. The number of esters is 1. The molecule has 1 aromatic rings. The lowest BCUT2D eigenvalue weighted by molar-refractivity contribution is -0.905. The molecule has 0 saturated carbocycles. The number of halogens is 1. The van der Waals surface area contributed by atoms with E-state index in [1.165, 1.54) is 17.0 Å². The summed E-state index contributed by atoms with van der Waals surface area (Å²) in [5.41, 5.74) is 0.604. The van der Waals surface area contributed by atoms with E-state index >= 15 is 0 Å². The van der Waals surface area contributed by atoms with Crippen LogP contribution in [0.5, 0.6) is 0 Å². The van der Waals surface area contributed by atoms with Crippen LogP contribution in [-0.2, 0) is 14.3 Å². The first kappa shape index (κ1) is 17.4. The molecule has 1 fully saturated rings. The molecule has 126 valence electrons. The van der Waals surface area contributed by atoms with Crippen molar-refractivity contribution in [2.75, 3.05) is 31.6 Å². The van der Waals surface area contributed by atoms with Gasteiger partial charge in [0, 0.05) is 18.5 Å². The van der Waals surface area contributed by atoms with E-state index < -0.39 is 0 Å². The molecule has 5 nitrogen and oxygen atoms in total. The van der Waals surface area contributed by atoms with Gasteiger partial charge >= 0.3 is 5.97 Å². The van der Waals surface area contributed by atoms with Crippen molar-refractivity contribution in [1.82, 2.24) is 0 Å². The molecule has 1 heterocycles. The second-order valence-electron chi connectivity index (χ2n) is 5.83. The predicted octanol–water partition coefficient (Wildman–Crippen LogP) is 1.01. The highest BCUT2D eigenvalue weighted by molar-refractivity contribution is 5.90. The molecule has 23 heavy (non-hydrogen) atoms. The Balaban J connectivity index is 1.67. The second-order valence-corrected chi connectivity index (χ2v) is 5.83. The van der Waals surface area contributed by atoms with Gasteiger partial charge in [0.2, 0.25) is 5.91 Å². The van der Waals surface area contributed by atoms with E-state index in [0.29, 0.717) is 18.7 Å². The number of rotatable bonds is 6. The first-order valence-corrected chi connectivity index (χ1v) is 8.14. The van der Waals surface area contributed by atoms with Crippen LogP contribution in [0.1, 0.15) is 26.2 Å². The van der Waals surface area contributed by atoms with Crippen molar-refractivity contribution in [2.45, 2.75) is 26.2 Å². The van der Waals surface area contributed by atoms with Gasteiger partial charge in [0.1, 0.15) is 5.82 Å². The van der Waals surface area contributed by atoms with E-state index in [-0.39, 0.29) is 23.6 Å². The third kappa shape index (κ3) is 5.63. The molecule has 1 amide bonds. The van der Waals surface area contributed by atoms with Crippen LogP contribution < -0.4 is 10.2 Å². The highest BCUT2D eigenvalue weighted by Crippen LogP contribution is 2.12. The summed E-state index contributed by atoms with van der Waals surface area (Å²) in [6, 6.07) is 5.73. The molecular weight excluding hydrogens is 299 g/mol. The highest BCUT2D eigenvalue weighted by Gasteiger charge is 2.28. The molecule has 1 aliphatic rings. The normalized spacial score (nSPS) is 20.8. The first-order valence-electron chi connectivity index (χ1n) is 8.14. The van der Waals surface area contributed by atoms with Gasteiger partial charge in [-0.25, -0.2) is 4.39 Å². The quantitative estimate of drug-likeness (QED) is 0.768. The molecule has 0 radical (unpaired) electrons. The van der Waals surface area contributed by atoms with Gasteiger partial charge in [-0.1, -0.05) is 0 Å². The third-order valence-electron chi connectivity index (χ3n) is 4.15. The van der Waals surface area contributed by atoms with Crippen molar-refractivity contribution < 1.29 is 23.6 Å². The van der Waals surface area contributed by atoms with E-state index in [1.807, 2.05) is 6.92 Å². The molecule has 0 unspecified atom stereocenters. The Labute approximate surface area is 135 Å². The Kier molecular flexibility index (Phi) is 6.52. The SMILES string of the molecule is CCOC(=O)C1CC[NH+](CCC(=O)Nc2ccc(F)cc2)CC1. The Morgan fingerprint density at radius 1 is 1.26 bits per heavy atom.